The quantitative estimate of drug-likeness (QED) is 0.712. The van der Waals surface area contributed by atoms with E-state index in [-0.39, 0.29) is 0 Å². The molecule has 0 aromatic rings. The minimum atomic E-state index is 0.300. The van der Waals surface area contributed by atoms with Gasteiger partial charge >= 0.3 is 0 Å². The van der Waals surface area contributed by atoms with E-state index in [4.69, 9.17) is 4.74 Å². The predicted octanol–water partition coefficient (Wildman–Crippen LogP) is 1.44. The van der Waals surface area contributed by atoms with Crippen LogP contribution in [-0.4, -0.2) is 42.9 Å². The molecule has 3 nitrogen and oxygen atoms in total. The predicted molar refractivity (Wildman–Crippen MR) is 61.8 cm³/mol. The topological polar surface area (TPSA) is 24.5 Å². The highest BCUT2D eigenvalue weighted by atomic mass is 16.5. The van der Waals surface area contributed by atoms with E-state index in [2.05, 4.69) is 31.0 Å². The molecule has 1 N–H and O–H groups in total. The molecule has 0 amide bonds. The number of piperidine rings is 1. The number of morpholine rings is 1. The maximum atomic E-state index is 5.94. The zero-order chi connectivity index (χ0) is 10.8. The third-order valence-electron chi connectivity index (χ3n) is 3.67. The van der Waals surface area contributed by atoms with E-state index in [0.717, 1.165) is 12.5 Å². The molecule has 0 aromatic heterocycles. The van der Waals surface area contributed by atoms with Crippen LogP contribution in [0.15, 0.2) is 0 Å². The average molecular weight is 212 g/mol. The van der Waals surface area contributed by atoms with Crippen LogP contribution in [0.3, 0.4) is 0 Å². The van der Waals surface area contributed by atoms with Gasteiger partial charge in [-0.05, 0) is 32.6 Å². The molecule has 2 saturated heterocycles. The Kier molecular flexibility index (Phi) is 3.65. The van der Waals surface area contributed by atoms with Gasteiger partial charge in [0.25, 0.3) is 0 Å². The zero-order valence-corrected chi connectivity index (χ0v) is 10.2. The average Bonchev–Trinajstić information content (AvgIpc) is 2.20. The second-order valence-electron chi connectivity index (χ2n) is 5.30. The van der Waals surface area contributed by atoms with Crippen LogP contribution in [0.5, 0.6) is 0 Å². The molecule has 3 heteroatoms. The first kappa shape index (κ1) is 11.4. The zero-order valence-electron chi connectivity index (χ0n) is 10.2. The van der Waals surface area contributed by atoms with Crippen molar-refractivity contribution in [2.45, 2.75) is 51.9 Å². The SMILES string of the molecule is CC1CCN(C2OCC(C)NC2C)CC1. The molecule has 2 heterocycles. The van der Waals surface area contributed by atoms with Crippen molar-refractivity contribution in [3.8, 4) is 0 Å². The van der Waals surface area contributed by atoms with Gasteiger partial charge in [0.2, 0.25) is 0 Å². The van der Waals surface area contributed by atoms with E-state index in [1.165, 1.54) is 25.9 Å². The highest BCUT2D eigenvalue weighted by Crippen LogP contribution is 2.21. The first-order valence-electron chi connectivity index (χ1n) is 6.28. The van der Waals surface area contributed by atoms with Crippen LogP contribution in [0, 0.1) is 5.92 Å². The molecule has 2 fully saturated rings. The van der Waals surface area contributed by atoms with E-state index in [9.17, 15) is 0 Å². The molecule has 2 rings (SSSR count). The van der Waals surface area contributed by atoms with Crippen LogP contribution < -0.4 is 5.32 Å². The summed E-state index contributed by atoms with van der Waals surface area (Å²) in [5, 5.41) is 3.57. The Hall–Kier alpha value is -0.120. The Labute approximate surface area is 93.2 Å². The van der Waals surface area contributed by atoms with Crippen molar-refractivity contribution >= 4 is 0 Å². The number of hydrogen-bond donors (Lipinski definition) is 1. The number of nitrogens with zero attached hydrogens (tertiary/aromatic N) is 1. The van der Waals surface area contributed by atoms with E-state index in [1.807, 2.05) is 0 Å². The van der Waals surface area contributed by atoms with Crippen LogP contribution in [0.25, 0.3) is 0 Å². The second-order valence-corrected chi connectivity index (χ2v) is 5.30. The van der Waals surface area contributed by atoms with Gasteiger partial charge < -0.3 is 10.1 Å². The summed E-state index contributed by atoms with van der Waals surface area (Å²) in [6, 6.07) is 0.960. The molecule has 0 bridgehead atoms. The molecular formula is C12H24N2O. The lowest BCUT2D eigenvalue weighted by Crippen LogP contribution is -2.59. The molecule has 2 aliphatic heterocycles. The van der Waals surface area contributed by atoms with E-state index in [0.29, 0.717) is 18.3 Å². The van der Waals surface area contributed by atoms with Crippen molar-refractivity contribution < 1.29 is 4.74 Å². The van der Waals surface area contributed by atoms with Crippen LogP contribution in [0.2, 0.25) is 0 Å². The molecule has 0 aromatic carbocycles. The van der Waals surface area contributed by atoms with Crippen LogP contribution >= 0.6 is 0 Å². The van der Waals surface area contributed by atoms with Crippen molar-refractivity contribution in [3.05, 3.63) is 0 Å². The lowest BCUT2D eigenvalue weighted by Gasteiger charge is -2.43. The van der Waals surface area contributed by atoms with E-state index < -0.39 is 0 Å². The standard InChI is InChI=1S/C12H24N2O/c1-9-4-6-14(7-5-9)12-11(3)13-10(2)8-15-12/h9-13H,4-8H2,1-3H3. The molecule has 0 saturated carbocycles. The fourth-order valence-corrected chi connectivity index (χ4v) is 2.67. The van der Waals surface area contributed by atoms with Crippen molar-refractivity contribution in [1.29, 1.82) is 0 Å². The highest BCUT2D eigenvalue weighted by Gasteiger charge is 2.31. The summed E-state index contributed by atoms with van der Waals surface area (Å²) in [7, 11) is 0. The Morgan fingerprint density at radius 2 is 1.80 bits per heavy atom. The van der Waals surface area contributed by atoms with Crippen LogP contribution in [0.1, 0.15) is 33.6 Å². The minimum absolute atomic E-state index is 0.300. The molecule has 0 aliphatic carbocycles. The first-order chi connectivity index (χ1) is 7.16. The summed E-state index contributed by atoms with van der Waals surface area (Å²) < 4.78 is 5.94. The normalized spacial score (nSPS) is 40.6. The largest absolute Gasteiger partial charge is 0.360 e. The molecule has 88 valence electrons. The second kappa shape index (κ2) is 4.81. The van der Waals surface area contributed by atoms with Crippen molar-refractivity contribution in [2.24, 2.45) is 5.92 Å². The minimum Gasteiger partial charge on any atom is -0.360 e. The molecule has 3 atom stereocenters. The monoisotopic (exact) mass is 212 g/mol. The first-order valence-corrected chi connectivity index (χ1v) is 6.28. The Bertz CT molecular complexity index is 202. The fraction of sp³-hybridized carbons (Fsp3) is 1.00. The van der Waals surface area contributed by atoms with Gasteiger partial charge in [0, 0.05) is 25.2 Å². The Balaban J connectivity index is 1.87. The van der Waals surface area contributed by atoms with E-state index in [1.54, 1.807) is 0 Å². The highest BCUT2D eigenvalue weighted by molar-refractivity contribution is 4.83. The fourth-order valence-electron chi connectivity index (χ4n) is 2.67. The summed E-state index contributed by atoms with van der Waals surface area (Å²) >= 11 is 0. The number of nitrogens with one attached hydrogen (secondary N) is 1. The summed E-state index contributed by atoms with van der Waals surface area (Å²) in [5.41, 5.74) is 0. The molecule has 3 unspecified atom stereocenters. The van der Waals surface area contributed by atoms with Gasteiger partial charge in [0.1, 0.15) is 6.23 Å². The van der Waals surface area contributed by atoms with Gasteiger partial charge in [-0.25, -0.2) is 0 Å². The van der Waals surface area contributed by atoms with Gasteiger partial charge in [-0.3, -0.25) is 4.90 Å². The van der Waals surface area contributed by atoms with Crippen LogP contribution in [0.4, 0.5) is 0 Å². The van der Waals surface area contributed by atoms with Crippen LogP contribution in [-0.2, 0) is 4.74 Å². The van der Waals surface area contributed by atoms with Crippen molar-refractivity contribution in [1.82, 2.24) is 10.2 Å². The van der Waals surface area contributed by atoms with Gasteiger partial charge in [-0.2, -0.15) is 0 Å². The van der Waals surface area contributed by atoms with Gasteiger partial charge in [0.05, 0.1) is 6.61 Å². The third kappa shape index (κ3) is 2.71. The Morgan fingerprint density at radius 1 is 1.13 bits per heavy atom. The summed E-state index contributed by atoms with van der Waals surface area (Å²) in [4.78, 5) is 2.50. The van der Waals surface area contributed by atoms with Crippen molar-refractivity contribution in [3.63, 3.8) is 0 Å². The molecule has 0 radical (unpaired) electrons. The lowest BCUT2D eigenvalue weighted by molar-refractivity contribution is -0.118. The molecule has 0 spiro atoms. The maximum Gasteiger partial charge on any atom is 0.125 e. The Morgan fingerprint density at radius 3 is 2.40 bits per heavy atom. The summed E-state index contributed by atoms with van der Waals surface area (Å²) in [6.45, 7) is 10.0. The summed E-state index contributed by atoms with van der Waals surface area (Å²) in [6.07, 6.45) is 2.94. The van der Waals surface area contributed by atoms with Gasteiger partial charge in [-0.15, -0.1) is 0 Å². The van der Waals surface area contributed by atoms with Crippen molar-refractivity contribution in [2.75, 3.05) is 19.7 Å². The maximum absolute atomic E-state index is 5.94. The van der Waals surface area contributed by atoms with Gasteiger partial charge in [-0.1, -0.05) is 6.92 Å². The molecule has 15 heavy (non-hydrogen) atoms. The van der Waals surface area contributed by atoms with Gasteiger partial charge in [0.15, 0.2) is 0 Å². The molecular weight excluding hydrogens is 188 g/mol. The van der Waals surface area contributed by atoms with E-state index >= 15 is 0 Å². The number of hydrogen-bond acceptors (Lipinski definition) is 3. The lowest BCUT2D eigenvalue weighted by atomic mass is 9.98. The number of likely N-dealkylation sites (tertiary alicyclic amines) is 1. The summed E-state index contributed by atoms with van der Waals surface area (Å²) in [5.74, 6) is 0.895. The smallest absolute Gasteiger partial charge is 0.125 e. The molecule has 2 aliphatic rings. The third-order valence-corrected chi connectivity index (χ3v) is 3.67. The number of ether oxygens (including phenoxy) is 1. The number of rotatable bonds is 1.